The number of fused-ring (bicyclic) bond motifs is 2. The molecule has 61 heavy (non-hydrogen) atoms. The van der Waals surface area contributed by atoms with Crippen molar-refractivity contribution in [1.82, 2.24) is 34.0 Å². The van der Waals surface area contributed by atoms with Crippen LogP contribution < -0.4 is 11.1 Å². The standard InChI is InChI=1S/C44H60N8O9/c1-31-27-32(28-37-40(31)46(2)43(56)60-37)29-38(61-44(57)51-14-10-35(11-15-51)52-16-7-33-5-3-4-6-36(33)45-42(52)55)41(54)50-19-17-49(18-20-50)34-8-12-48(13-9-34)30-39(53)59-26-23-47-21-24-58-25-22-47/h3-6,27-28,34-35,38H,7-26,29-30H2,1-2H3,(H,45,55)/t38-/m1/s1. The van der Waals surface area contributed by atoms with Gasteiger partial charge in [0.25, 0.3) is 5.91 Å². The van der Waals surface area contributed by atoms with Crippen LogP contribution in [-0.2, 0) is 43.7 Å². The first-order chi connectivity index (χ1) is 29.6. The Bertz CT molecular complexity index is 2090. The Morgan fingerprint density at radius 1 is 0.836 bits per heavy atom. The number of carbonyl (C=O) groups excluding carboxylic acids is 4. The Balaban J connectivity index is 0.849. The van der Waals surface area contributed by atoms with Crippen molar-refractivity contribution in [2.24, 2.45) is 7.05 Å². The van der Waals surface area contributed by atoms with Gasteiger partial charge in [0.1, 0.15) is 6.61 Å². The summed E-state index contributed by atoms with van der Waals surface area (Å²) in [6.45, 7) is 11.9. The van der Waals surface area contributed by atoms with E-state index in [2.05, 4.69) is 20.0 Å². The van der Waals surface area contributed by atoms with E-state index in [0.717, 1.165) is 87.6 Å². The average molecular weight is 845 g/mol. The zero-order valence-electron chi connectivity index (χ0n) is 35.6. The molecule has 1 aromatic heterocycles. The Morgan fingerprint density at radius 3 is 2.31 bits per heavy atom. The van der Waals surface area contributed by atoms with Crippen LogP contribution in [0.5, 0.6) is 0 Å². The smallest absolute Gasteiger partial charge is 0.419 e. The summed E-state index contributed by atoms with van der Waals surface area (Å²) in [7, 11) is 1.66. The summed E-state index contributed by atoms with van der Waals surface area (Å²) in [5, 5.41) is 3.05. The van der Waals surface area contributed by atoms with E-state index < -0.39 is 18.0 Å². The number of anilines is 1. The first-order valence-electron chi connectivity index (χ1n) is 22.0. The third-order valence-corrected chi connectivity index (χ3v) is 13.2. The van der Waals surface area contributed by atoms with Crippen molar-refractivity contribution in [3.8, 4) is 0 Å². The lowest BCUT2D eigenvalue weighted by atomic mass is 10.0. The second kappa shape index (κ2) is 19.4. The number of piperidine rings is 2. The molecular weight excluding hydrogens is 785 g/mol. The molecule has 1 N–H and O–H groups in total. The zero-order valence-corrected chi connectivity index (χ0v) is 35.6. The quantitative estimate of drug-likeness (QED) is 0.282. The molecule has 8 rings (SSSR count). The third kappa shape index (κ3) is 10.2. The number of oxazole rings is 1. The molecule has 0 saturated carbocycles. The van der Waals surface area contributed by atoms with Crippen molar-refractivity contribution < 1.29 is 37.8 Å². The number of aryl methyl sites for hydroxylation is 2. The molecule has 6 heterocycles. The molecule has 5 aliphatic heterocycles. The van der Waals surface area contributed by atoms with Gasteiger partial charge in [-0.05, 0) is 67.9 Å². The van der Waals surface area contributed by atoms with Gasteiger partial charge in [-0.2, -0.15) is 0 Å². The van der Waals surface area contributed by atoms with Gasteiger partial charge in [0.05, 0.1) is 25.3 Å². The Labute approximate surface area is 356 Å². The molecule has 330 valence electrons. The predicted octanol–water partition coefficient (Wildman–Crippen LogP) is 2.53. The molecule has 0 spiro atoms. The number of hydrogen-bond acceptors (Lipinski definition) is 12. The molecule has 0 aliphatic carbocycles. The lowest BCUT2D eigenvalue weighted by Crippen LogP contribution is -2.57. The monoisotopic (exact) mass is 844 g/mol. The van der Waals surface area contributed by atoms with Crippen LogP contribution in [0.3, 0.4) is 0 Å². The summed E-state index contributed by atoms with van der Waals surface area (Å²) < 4.78 is 24.0. The van der Waals surface area contributed by atoms with E-state index >= 15 is 0 Å². The number of rotatable bonds is 11. The van der Waals surface area contributed by atoms with Gasteiger partial charge in [-0.3, -0.25) is 28.9 Å². The number of amides is 4. The SMILES string of the molecule is Cc1cc(C[C@@H](OC(=O)N2CCC(N3CCc4ccccc4NC3=O)CC2)C(=O)N2CCN(C3CCN(CC(=O)OCCN4CCOCC4)CC3)CC2)cc2oc(=O)n(C)c12. The minimum atomic E-state index is -1.09. The normalized spacial score (nSPS) is 20.9. The van der Waals surface area contributed by atoms with Crippen LogP contribution in [0.4, 0.5) is 15.3 Å². The molecule has 3 aromatic rings. The molecule has 4 fully saturated rings. The number of para-hydroxylation sites is 1. The molecule has 0 radical (unpaired) electrons. The molecule has 0 bridgehead atoms. The number of hydrogen-bond donors (Lipinski definition) is 1. The van der Waals surface area contributed by atoms with Crippen LogP contribution in [0.2, 0.25) is 0 Å². The number of nitrogens with zero attached hydrogens (tertiary/aromatic N) is 7. The van der Waals surface area contributed by atoms with E-state index in [1.165, 1.54) is 4.57 Å². The molecule has 5 aliphatic rings. The summed E-state index contributed by atoms with van der Waals surface area (Å²) in [4.78, 5) is 78.5. The number of aromatic nitrogens is 1. The Morgan fingerprint density at radius 2 is 1.56 bits per heavy atom. The van der Waals surface area contributed by atoms with Gasteiger partial charge in [0.15, 0.2) is 11.7 Å². The van der Waals surface area contributed by atoms with Gasteiger partial charge in [0, 0.05) is 110 Å². The molecule has 2 aromatic carbocycles. The number of esters is 1. The van der Waals surface area contributed by atoms with E-state index in [-0.39, 0.29) is 30.4 Å². The highest BCUT2D eigenvalue weighted by atomic mass is 16.6. The van der Waals surface area contributed by atoms with Gasteiger partial charge in [-0.1, -0.05) is 24.3 Å². The number of likely N-dealkylation sites (tertiary alicyclic amines) is 2. The van der Waals surface area contributed by atoms with E-state index in [1.807, 2.05) is 42.2 Å². The van der Waals surface area contributed by atoms with Crippen molar-refractivity contribution in [3.05, 3.63) is 63.6 Å². The fourth-order valence-electron chi connectivity index (χ4n) is 9.68. The number of ether oxygens (including phenoxy) is 3. The van der Waals surface area contributed by atoms with Gasteiger partial charge < -0.3 is 38.6 Å². The number of carbonyl (C=O) groups is 4. The van der Waals surface area contributed by atoms with Crippen LogP contribution in [0.15, 0.2) is 45.6 Å². The van der Waals surface area contributed by atoms with Crippen molar-refractivity contribution in [1.29, 1.82) is 0 Å². The molecular formula is C44H60N8O9. The fourth-order valence-corrected chi connectivity index (χ4v) is 9.68. The largest absolute Gasteiger partial charge is 0.463 e. The number of morpholine rings is 1. The molecule has 4 saturated heterocycles. The topological polar surface area (TPSA) is 163 Å². The van der Waals surface area contributed by atoms with E-state index in [1.54, 1.807) is 22.9 Å². The maximum atomic E-state index is 14.4. The van der Waals surface area contributed by atoms with Crippen LogP contribution in [0.25, 0.3) is 11.1 Å². The summed E-state index contributed by atoms with van der Waals surface area (Å²) in [6.07, 6.45) is 2.29. The fraction of sp³-hybridized carbons (Fsp3) is 0.614. The van der Waals surface area contributed by atoms with Gasteiger partial charge >= 0.3 is 23.8 Å². The maximum Gasteiger partial charge on any atom is 0.419 e. The van der Waals surface area contributed by atoms with Crippen LogP contribution in [0.1, 0.15) is 42.4 Å². The number of benzene rings is 2. The second-order valence-electron chi connectivity index (χ2n) is 17.1. The lowest BCUT2D eigenvalue weighted by molar-refractivity contribution is -0.146. The minimum Gasteiger partial charge on any atom is -0.463 e. The Hall–Kier alpha value is -4.97. The summed E-state index contributed by atoms with van der Waals surface area (Å²) in [6, 6.07) is 11.7. The summed E-state index contributed by atoms with van der Waals surface area (Å²) in [5.41, 5.74) is 4.59. The van der Waals surface area contributed by atoms with Gasteiger partial charge in [0.2, 0.25) is 0 Å². The van der Waals surface area contributed by atoms with Crippen LogP contribution in [-0.4, -0.2) is 181 Å². The molecule has 0 unspecified atom stereocenters. The van der Waals surface area contributed by atoms with Crippen LogP contribution >= 0.6 is 0 Å². The van der Waals surface area contributed by atoms with E-state index in [9.17, 15) is 24.0 Å². The first-order valence-corrected chi connectivity index (χ1v) is 22.0. The zero-order chi connectivity index (χ0) is 42.5. The molecule has 17 nitrogen and oxygen atoms in total. The highest BCUT2D eigenvalue weighted by molar-refractivity contribution is 5.91. The van der Waals surface area contributed by atoms with Crippen molar-refractivity contribution in [2.45, 2.75) is 63.6 Å². The number of urea groups is 1. The molecule has 1 atom stereocenters. The maximum absolute atomic E-state index is 14.4. The molecule has 17 heteroatoms. The summed E-state index contributed by atoms with van der Waals surface area (Å²) in [5.74, 6) is -0.908. The third-order valence-electron chi connectivity index (χ3n) is 13.2. The summed E-state index contributed by atoms with van der Waals surface area (Å²) >= 11 is 0. The number of piperazine rings is 1. The second-order valence-corrected chi connectivity index (χ2v) is 17.1. The minimum absolute atomic E-state index is 0.0261. The van der Waals surface area contributed by atoms with Gasteiger partial charge in [-0.15, -0.1) is 0 Å². The highest BCUT2D eigenvalue weighted by Gasteiger charge is 2.37. The number of nitrogens with one attached hydrogen (secondary N) is 1. The van der Waals surface area contributed by atoms with Crippen LogP contribution in [0, 0.1) is 6.92 Å². The van der Waals surface area contributed by atoms with E-state index in [0.29, 0.717) is 88.9 Å². The van der Waals surface area contributed by atoms with Crippen molar-refractivity contribution >= 4 is 40.8 Å². The van der Waals surface area contributed by atoms with E-state index in [4.69, 9.17) is 18.6 Å². The Kier molecular flexibility index (Phi) is 13.6. The first kappa shape index (κ1) is 42.7. The van der Waals surface area contributed by atoms with Gasteiger partial charge in [-0.25, -0.2) is 14.4 Å². The average Bonchev–Trinajstić information content (AvgIpc) is 3.45. The van der Waals surface area contributed by atoms with Crippen molar-refractivity contribution in [3.63, 3.8) is 0 Å². The predicted molar refractivity (Wildman–Crippen MR) is 226 cm³/mol. The lowest BCUT2D eigenvalue weighted by Gasteiger charge is -2.43. The molecule has 4 amide bonds. The van der Waals surface area contributed by atoms with Crippen molar-refractivity contribution in [2.75, 3.05) is 110 Å². The highest BCUT2D eigenvalue weighted by Crippen LogP contribution is 2.27.